The second-order valence-electron chi connectivity index (χ2n) is 5.47. The summed E-state index contributed by atoms with van der Waals surface area (Å²) in [4.78, 5) is 4.15. The molecule has 1 aliphatic rings. The molecule has 0 spiro atoms. The molecule has 0 amide bonds. The van der Waals surface area contributed by atoms with Crippen LogP contribution in [-0.4, -0.2) is 11.0 Å². The number of aryl methyl sites for hydroxylation is 1. The molecule has 18 heavy (non-hydrogen) atoms. The third-order valence-electron chi connectivity index (χ3n) is 3.98. The van der Waals surface area contributed by atoms with Crippen LogP contribution in [0.25, 0.3) is 0 Å². The zero-order valence-corrected chi connectivity index (χ0v) is 12.1. The Hall–Kier alpha value is -0.760. The van der Waals surface area contributed by atoms with E-state index in [0.717, 1.165) is 11.6 Å². The van der Waals surface area contributed by atoms with Gasteiger partial charge in [-0.05, 0) is 50.2 Å². The SMILES string of the molecule is CCCC1CCC(Nc2cnc(Cl)cc2C)CC1. The third-order valence-corrected chi connectivity index (χ3v) is 4.19. The molecular weight excluding hydrogens is 244 g/mol. The first-order valence-electron chi connectivity index (χ1n) is 7.07. The molecule has 0 radical (unpaired) electrons. The summed E-state index contributed by atoms with van der Waals surface area (Å²) >= 11 is 5.87. The van der Waals surface area contributed by atoms with E-state index < -0.39 is 0 Å². The highest BCUT2D eigenvalue weighted by Crippen LogP contribution is 2.30. The van der Waals surface area contributed by atoms with Gasteiger partial charge in [-0.1, -0.05) is 31.4 Å². The van der Waals surface area contributed by atoms with E-state index in [0.29, 0.717) is 11.2 Å². The van der Waals surface area contributed by atoms with E-state index in [-0.39, 0.29) is 0 Å². The fraction of sp³-hybridized carbons (Fsp3) is 0.667. The Kier molecular flexibility index (Phi) is 4.87. The van der Waals surface area contributed by atoms with Gasteiger partial charge < -0.3 is 5.32 Å². The number of nitrogens with one attached hydrogen (secondary N) is 1. The Bertz CT molecular complexity index is 384. The molecule has 1 aromatic rings. The molecule has 0 aromatic carbocycles. The van der Waals surface area contributed by atoms with Crippen molar-refractivity contribution in [2.75, 3.05) is 5.32 Å². The Labute approximate surface area is 115 Å². The Balaban J connectivity index is 1.87. The van der Waals surface area contributed by atoms with Gasteiger partial charge >= 0.3 is 0 Å². The van der Waals surface area contributed by atoms with Crippen molar-refractivity contribution in [3.63, 3.8) is 0 Å². The zero-order chi connectivity index (χ0) is 13.0. The average Bonchev–Trinajstić information content (AvgIpc) is 2.35. The third kappa shape index (κ3) is 3.61. The van der Waals surface area contributed by atoms with Gasteiger partial charge in [0.05, 0.1) is 11.9 Å². The van der Waals surface area contributed by atoms with Gasteiger partial charge in [0.1, 0.15) is 5.15 Å². The molecule has 0 unspecified atom stereocenters. The van der Waals surface area contributed by atoms with Crippen LogP contribution in [0, 0.1) is 12.8 Å². The van der Waals surface area contributed by atoms with Crippen molar-refractivity contribution in [2.24, 2.45) is 5.92 Å². The number of hydrogen-bond donors (Lipinski definition) is 1. The number of pyridine rings is 1. The minimum Gasteiger partial charge on any atom is -0.381 e. The number of aromatic nitrogens is 1. The lowest BCUT2D eigenvalue weighted by molar-refractivity contribution is 0.319. The van der Waals surface area contributed by atoms with E-state index in [4.69, 9.17) is 11.6 Å². The van der Waals surface area contributed by atoms with Crippen molar-refractivity contribution < 1.29 is 0 Å². The molecular formula is C15H23ClN2. The Morgan fingerprint density at radius 1 is 1.33 bits per heavy atom. The lowest BCUT2D eigenvalue weighted by Gasteiger charge is -2.30. The largest absolute Gasteiger partial charge is 0.381 e. The van der Waals surface area contributed by atoms with Gasteiger partial charge in [-0.15, -0.1) is 0 Å². The van der Waals surface area contributed by atoms with Crippen LogP contribution in [0.3, 0.4) is 0 Å². The highest BCUT2D eigenvalue weighted by molar-refractivity contribution is 6.29. The van der Waals surface area contributed by atoms with E-state index in [9.17, 15) is 0 Å². The van der Waals surface area contributed by atoms with E-state index >= 15 is 0 Å². The van der Waals surface area contributed by atoms with Crippen molar-refractivity contribution >= 4 is 17.3 Å². The van der Waals surface area contributed by atoms with Crippen molar-refractivity contribution in [2.45, 2.75) is 58.4 Å². The summed E-state index contributed by atoms with van der Waals surface area (Å²) < 4.78 is 0. The normalized spacial score (nSPS) is 23.9. The fourth-order valence-electron chi connectivity index (χ4n) is 2.90. The molecule has 0 atom stereocenters. The summed E-state index contributed by atoms with van der Waals surface area (Å²) in [5, 5.41) is 4.19. The molecule has 100 valence electrons. The van der Waals surface area contributed by atoms with E-state index in [1.54, 1.807) is 0 Å². The molecule has 1 saturated carbocycles. The summed E-state index contributed by atoms with van der Waals surface area (Å²) in [6.45, 7) is 4.37. The molecule has 2 rings (SSSR count). The van der Waals surface area contributed by atoms with Crippen LogP contribution in [0.4, 0.5) is 5.69 Å². The van der Waals surface area contributed by atoms with Gasteiger partial charge in [-0.2, -0.15) is 0 Å². The molecule has 0 aliphatic heterocycles. The molecule has 1 aromatic heterocycles. The average molecular weight is 267 g/mol. The predicted molar refractivity (Wildman–Crippen MR) is 78.3 cm³/mol. The highest BCUT2D eigenvalue weighted by Gasteiger charge is 2.20. The van der Waals surface area contributed by atoms with Crippen molar-refractivity contribution in [3.05, 3.63) is 23.0 Å². The molecule has 1 heterocycles. The van der Waals surface area contributed by atoms with Gasteiger partial charge in [-0.3, -0.25) is 0 Å². The van der Waals surface area contributed by atoms with Crippen LogP contribution >= 0.6 is 11.6 Å². The van der Waals surface area contributed by atoms with Crippen LogP contribution < -0.4 is 5.32 Å². The first-order chi connectivity index (χ1) is 8.69. The molecule has 1 fully saturated rings. The number of rotatable bonds is 4. The first kappa shape index (κ1) is 13.7. The molecule has 1 aliphatic carbocycles. The predicted octanol–water partition coefficient (Wildman–Crippen LogP) is 4.81. The second-order valence-corrected chi connectivity index (χ2v) is 5.86. The van der Waals surface area contributed by atoms with Gasteiger partial charge in [0.25, 0.3) is 0 Å². The Morgan fingerprint density at radius 3 is 2.67 bits per heavy atom. The molecule has 2 nitrogen and oxygen atoms in total. The number of halogens is 1. The topological polar surface area (TPSA) is 24.9 Å². The summed E-state index contributed by atoms with van der Waals surface area (Å²) in [5.41, 5.74) is 2.32. The van der Waals surface area contributed by atoms with E-state index in [1.165, 1.54) is 44.1 Å². The maximum Gasteiger partial charge on any atom is 0.129 e. The van der Waals surface area contributed by atoms with E-state index in [1.807, 2.05) is 12.3 Å². The smallest absolute Gasteiger partial charge is 0.129 e. The Morgan fingerprint density at radius 2 is 2.06 bits per heavy atom. The lowest BCUT2D eigenvalue weighted by Crippen LogP contribution is -2.26. The molecule has 1 N–H and O–H groups in total. The quantitative estimate of drug-likeness (QED) is 0.791. The van der Waals surface area contributed by atoms with Gasteiger partial charge in [0.2, 0.25) is 0 Å². The number of nitrogens with zero attached hydrogens (tertiary/aromatic N) is 1. The molecule has 0 bridgehead atoms. The first-order valence-corrected chi connectivity index (χ1v) is 7.45. The van der Waals surface area contributed by atoms with Gasteiger partial charge in [0, 0.05) is 6.04 Å². The number of anilines is 1. The van der Waals surface area contributed by atoms with Gasteiger partial charge in [0.15, 0.2) is 0 Å². The summed E-state index contributed by atoms with van der Waals surface area (Å²) in [6, 6.07) is 2.53. The van der Waals surface area contributed by atoms with Crippen molar-refractivity contribution in [3.8, 4) is 0 Å². The fourth-order valence-corrected chi connectivity index (χ4v) is 3.11. The van der Waals surface area contributed by atoms with Crippen LogP contribution in [0.15, 0.2) is 12.3 Å². The summed E-state index contributed by atoms with van der Waals surface area (Å²) in [5.74, 6) is 0.956. The summed E-state index contributed by atoms with van der Waals surface area (Å²) in [6.07, 6.45) is 9.88. The van der Waals surface area contributed by atoms with Crippen LogP contribution in [0.1, 0.15) is 51.0 Å². The summed E-state index contributed by atoms with van der Waals surface area (Å²) in [7, 11) is 0. The molecule has 0 saturated heterocycles. The minimum atomic E-state index is 0.574. The van der Waals surface area contributed by atoms with Gasteiger partial charge in [-0.25, -0.2) is 4.98 Å². The highest BCUT2D eigenvalue weighted by atomic mass is 35.5. The van der Waals surface area contributed by atoms with Crippen molar-refractivity contribution in [1.29, 1.82) is 0 Å². The lowest BCUT2D eigenvalue weighted by atomic mass is 9.83. The van der Waals surface area contributed by atoms with Crippen LogP contribution in [0.2, 0.25) is 5.15 Å². The maximum atomic E-state index is 5.87. The van der Waals surface area contributed by atoms with Crippen LogP contribution in [-0.2, 0) is 0 Å². The van der Waals surface area contributed by atoms with Crippen LogP contribution in [0.5, 0.6) is 0 Å². The minimum absolute atomic E-state index is 0.574. The second kappa shape index (κ2) is 6.42. The van der Waals surface area contributed by atoms with Crippen molar-refractivity contribution in [1.82, 2.24) is 4.98 Å². The molecule has 3 heteroatoms. The number of hydrogen-bond acceptors (Lipinski definition) is 2. The maximum absolute atomic E-state index is 5.87. The van der Waals surface area contributed by atoms with E-state index in [2.05, 4.69) is 24.1 Å². The standard InChI is InChI=1S/C15H23ClN2/c1-3-4-12-5-7-13(8-6-12)18-14-10-17-15(16)9-11(14)2/h9-10,12-13,18H,3-8H2,1-2H3. The monoisotopic (exact) mass is 266 g/mol. The zero-order valence-electron chi connectivity index (χ0n) is 11.4.